The van der Waals surface area contributed by atoms with Crippen LogP contribution in [0.5, 0.6) is 0 Å². The molecule has 0 atom stereocenters. The number of rotatable bonds is 5. The van der Waals surface area contributed by atoms with E-state index < -0.39 is 0 Å². The first-order chi connectivity index (χ1) is 10.4. The van der Waals surface area contributed by atoms with Gasteiger partial charge in [0.2, 0.25) is 5.91 Å². The van der Waals surface area contributed by atoms with Crippen LogP contribution < -0.4 is 5.32 Å². The zero-order valence-corrected chi connectivity index (χ0v) is 15.6. The first-order valence-corrected chi connectivity index (χ1v) is 9.16. The minimum Gasteiger partial charge on any atom is -0.325 e. The van der Waals surface area contributed by atoms with Gasteiger partial charge in [0.25, 0.3) is 0 Å². The SMILES string of the molecule is Cc1cc(C)cc(CSCC(=O)Nc2ccc(Br)c(Cl)c2)c1. The Bertz CT molecular complexity index is 670. The Kier molecular flexibility index (Phi) is 6.36. The second-order valence-corrected chi connectivity index (χ2v) is 7.41. The number of hydrogen-bond acceptors (Lipinski definition) is 2. The van der Waals surface area contributed by atoms with Gasteiger partial charge >= 0.3 is 0 Å². The summed E-state index contributed by atoms with van der Waals surface area (Å²) in [5, 5.41) is 3.44. The molecule has 0 aliphatic carbocycles. The van der Waals surface area contributed by atoms with Crippen molar-refractivity contribution in [2.45, 2.75) is 19.6 Å². The van der Waals surface area contributed by atoms with E-state index in [1.807, 2.05) is 12.1 Å². The number of thioether (sulfide) groups is 1. The molecule has 1 amide bonds. The standard InChI is InChI=1S/C17H17BrClNOS/c1-11-5-12(2)7-13(6-11)9-22-10-17(21)20-14-3-4-15(18)16(19)8-14/h3-8H,9-10H2,1-2H3,(H,20,21). The molecule has 22 heavy (non-hydrogen) atoms. The zero-order chi connectivity index (χ0) is 16.1. The van der Waals surface area contributed by atoms with Crippen LogP contribution in [0.2, 0.25) is 5.02 Å². The monoisotopic (exact) mass is 397 g/mol. The Hall–Kier alpha value is -0.970. The fourth-order valence-corrected chi connectivity index (χ4v) is 3.37. The Morgan fingerprint density at radius 2 is 1.86 bits per heavy atom. The van der Waals surface area contributed by atoms with Crippen molar-refractivity contribution < 1.29 is 4.79 Å². The van der Waals surface area contributed by atoms with E-state index in [1.54, 1.807) is 17.8 Å². The van der Waals surface area contributed by atoms with Crippen molar-refractivity contribution in [2.75, 3.05) is 11.1 Å². The molecule has 2 aromatic rings. The molecule has 1 N–H and O–H groups in total. The molecule has 0 aliphatic heterocycles. The van der Waals surface area contributed by atoms with E-state index in [2.05, 4.69) is 53.3 Å². The lowest BCUT2D eigenvalue weighted by Crippen LogP contribution is -2.14. The summed E-state index contributed by atoms with van der Waals surface area (Å²) in [6.45, 7) is 4.18. The topological polar surface area (TPSA) is 29.1 Å². The minimum atomic E-state index is -0.0206. The lowest BCUT2D eigenvalue weighted by Gasteiger charge is -2.07. The van der Waals surface area contributed by atoms with E-state index in [4.69, 9.17) is 11.6 Å². The lowest BCUT2D eigenvalue weighted by molar-refractivity contribution is -0.113. The normalized spacial score (nSPS) is 10.5. The maximum absolute atomic E-state index is 11.9. The molecule has 2 rings (SSSR count). The van der Waals surface area contributed by atoms with Crippen LogP contribution in [-0.2, 0) is 10.5 Å². The summed E-state index contributed by atoms with van der Waals surface area (Å²) < 4.78 is 0.816. The third-order valence-electron chi connectivity index (χ3n) is 2.99. The summed E-state index contributed by atoms with van der Waals surface area (Å²) in [6, 6.07) is 11.8. The number of hydrogen-bond donors (Lipinski definition) is 1. The molecule has 0 heterocycles. The smallest absolute Gasteiger partial charge is 0.234 e. The van der Waals surface area contributed by atoms with Crippen molar-refractivity contribution in [2.24, 2.45) is 0 Å². The van der Waals surface area contributed by atoms with Crippen LogP contribution in [0, 0.1) is 13.8 Å². The van der Waals surface area contributed by atoms with Crippen LogP contribution >= 0.6 is 39.3 Å². The summed E-state index contributed by atoms with van der Waals surface area (Å²) in [5.41, 5.74) is 4.47. The Labute approximate surface area is 148 Å². The van der Waals surface area contributed by atoms with E-state index >= 15 is 0 Å². The second kappa shape index (κ2) is 8.04. The van der Waals surface area contributed by atoms with Gasteiger partial charge in [-0.3, -0.25) is 4.79 Å². The van der Waals surface area contributed by atoms with Crippen LogP contribution in [-0.4, -0.2) is 11.7 Å². The molecule has 0 saturated heterocycles. The fourth-order valence-electron chi connectivity index (χ4n) is 2.18. The number of carbonyl (C=O) groups is 1. The number of benzene rings is 2. The predicted molar refractivity (Wildman–Crippen MR) is 99.9 cm³/mol. The highest BCUT2D eigenvalue weighted by atomic mass is 79.9. The van der Waals surface area contributed by atoms with Gasteiger partial charge in [0.15, 0.2) is 0 Å². The number of nitrogens with one attached hydrogen (secondary N) is 1. The Morgan fingerprint density at radius 1 is 1.18 bits per heavy atom. The summed E-state index contributed by atoms with van der Waals surface area (Å²) in [7, 11) is 0. The van der Waals surface area contributed by atoms with Gasteiger partial charge in [0, 0.05) is 15.9 Å². The van der Waals surface area contributed by atoms with E-state index in [0.717, 1.165) is 10.2 Å². The third-order valence-corrected chi connectivity index (χ3v) is 5.22. The van der Waals surface area contributed by atoms with Crippen LogP contribution in [0.1, 0.15) is 16.7 Å². The fraction of sp³-hybridized carbons (Fsp3) is 0.235. The first-order valence-electron chi connectivity index (χ1n) is 6.84. The number of aryl methyl sites for hydroxylation is 2. The summed E-state index contributed by atoms with van der Waals surface area (Å²) >= 11 is 10.9. The maximum Gasteiger partial charge on any atom is 0.234 e. The van der Waals surface area contributed by atoms with Crippen molar-refractivity contribution in [3.63, 3.8) is 0 Å². The Balaban J connectivity index is 1.83. The van der Waals surface area contributed by atoms with Gasteiger partial charge in [-0.2, -0.15) is 0 Å². The molecule has 0 radical (unpaired) electrons. The zero-order valence-electron chi connectivity index (χ0n) is 12.5. The van der Waals surface area contributed by atoms with Gasteiger partial charge in [0.1, 0.15) is 0 Å². The molecule has 0 unspecified atom stereocenters. The average molecular weight is 399 g/mol. The van der Waals surface area contributed by atoms with Crippen molar-refractivity contribution >= 4 is 50.9 Å². The van der Waals surface area contributed by atoms with Crippen molar-refractivity contribution in [1.29, 1.82) is 0 Å². The Morgan fingerprint density at radius 3 is 2.50 bits per heavy atom. The third kappa shape index (κ3) is 5.34. The number of halogens is 2. The van der Waals surface area contributed by atoms with Crippen molar-refractivity contribution in [3.8, 4) is 0 Å². The molecule has 0 fully saturated rings. The number of amides is 1. The molecule has 0 spiro atoms. The highest BCUT2D eigenvalue weighted by Crippen LogP contribution is 2.25. The van der Waals surface area contributed by atoms with Crippen LogP contribution in [0.3, 0.4) is 0 Å². The van der Waals surface area contributed by atoms with E-state index in [0.29, 0.717) is 16.5 Å². The molecule has 2 nitrogen and oxygen atoms in total. The van der Waals surface area contributed by atoms with Crippen LogP contribution in [0.15, 0.2) is 40.9 Å². The van der Waals surface area contributed by atoms with Crippen LogP contribution in [0.25, 0.3) is 0 Å². The first kappa shape index (κ1) is 17.4. The minimum absolute atomic E-state index is 0.0206. The van der Waals surface area contributed by atoms with Crippen LogP contribution in [0.4, 0.5) is 5.69 Å². The van der Waals surface area contributed by atoms with Crippen molar-refractivity contribution in [1.82, 2.24) is 0 Å². The van der Waals surface area contributed by atoms with Gasteiger partial charge in [-0.1, -0.05) is 40.9 Å². The summed E-state index contributed by atoms with van der Waals surface area (Å²) in [6.07, 6.45) is 0. The van der Waals surface area contributed by atoms with Gasteiger partial charge in [0.05, 0.1) is 10.8 Å². The highest BCUT2D eigenvalue weighted by molar-refractivity contribution is 9.10. The number of carbonyl (C=O) groups excluding carboxylic acids is 1. The molecule has 2 aromatic carbocycles. The second-order valence-electron chi connectivity index (χ2n) is 5.17. The lowest BCUT2D eigenvalue weighted by atomic mass is 10.1. The molecule has 116 valence electrons. The van der Waals surface area contributed by atoms with Gasteiger partial charge in [-0.25, -0.2) is 0 Å². The summed E-state index contributed by atoms with van der Waals surface area (Å²) in [4.78, 5) is 11.9. The van der Waals surface area contributed by atoms with E-state index in [9.17, 15) is 4.79 Å². The molecular weight excluding hydrogens is 382 g/mol. The molecular formula is C17H17BrClNOS. The average Bonchev–Trinajstić information content (AvgIpc) is 2.42. The molecule has 0 bridgehead atoms. The van der Waals surface area contributed by atoms with Gasteiger partial charge < -0.3 is 5.32 Å². The molecule has 5 heteroatoms. The predicted octanol–water partition coefficient (Wildman–Crippen LogP) is 5.59. The highest BCUT2D eigenvalue weighted by Gasteiger charge is 2.05. The van der Waals surface area contributed by atoms with E-state index in [1.165, 1.54) is 16.7 Å². The largest absolute Gasteiger partial charge is 0.325 e. The molecule has 0 aliphatic rings. The molecule has 0 aromatic heterocycles. The van der Waals surface area contributed by atoms with Gasteiger partial charge in [-0.15, -0.1) is 11.8 Å². The van der Waals surface area contributed by atoms with Gasteiger partial charge in [-0.05, 0) is 53.5 Å². The number of anilines is 1. The quantitative estimate of drug-likeness (QED) is 0.711. The van der Waals surface area contributed by atoms with E-state index in [-0.39, 0.29) is 5.91 Å². The van der Waals surface area contributed by atoms with Crippen molar-refractivity contribution in [3.05, 3.63) is 62.6 Å². The maximum atomic E-state index is 11.9. The molecule has 0 saturated carbocycles. The summed E-state index contributed by atoms with van der Waals surface area (Å²) in [5.74, 6) is 1.23.